The highest BCUT2D eigenvalue weighted by atomic mass is 16.5. The van der Waals surface area contributed by atoms with E-state index in [0.29, 0.717) is 0 Å². The van der Waals surface area contributed by atoms with Crippen LogP contribution in [0.1, 0.15) is 31.2 Å². The van der Waals surface area contributed by atoms with Crippen molar-refractivity contribution in [1.29, 1.82) is 0 Å². The lowest BCUT2D eigenvalue weighted by Gasteiger charge is -2.26. The van der Waals surface area contributed by atoms with Gasteiger partial charge in [0.05, 0.1) is 7.11 Å². The summed E-state index contributed by atoms with van der Waals surface area (Å²) in [6.07, 6.45) is 5.47. The number of benzene rings is 1. The van der Waals surface area contributed by atoms with Gasteiger partial charge in [0.15, 0.2) is 0 Å². The Bertz CT molecular complexity index is 411. The maximum Gasteiger partial charge on any atom is 0.317 e. The summed E-state index contributed by atoms with van der Waals surface area (Å²) in [5.41, 5.74) is 1.28. The predicted molar refractivity (Wildman–Crippen MR) is 80.1 cm³/mol. The minimum absolute atomic E-state index is 0.0967. The molecule has 0 aliphatic carbocycles. The van der Waals surface area contributed by atoms with Gasteiger partial charge < -0.3 is 15.0 Å². The largest absolute Gasteiger partial charge is 0.497 e. The van der Waals surface area contributed by atoms with Crippen LogP contribution in [0, 0.1) is 0 Å². The highest BCUT2D eigenvalue weighted by molar-refractivity contribution is 5.74. The zero-order chi connectivity index (χ0) is 14.2. The van der Waals surface area contributed by atoms with Crippen LogP contribution in [0.25, 0.3) is 0 Å². The quantitative estimate of drug-likeness (QED) is 0.840. The van der Waals surface area contributed by atoms with E-state index in [1.807, 2.05) is 17.0 Å². The van der Waals surface area contributed by atoms with Crippen LogP contribution in [0.3, 0.4) is 0 Å². The van der Waals surface area contributed by atoms with E-state index in [0.717, 1.165) is 51.1 Å². The minimum atomic E-state index is 0.0967. The standard InChI is InChI=1S/C16H24N2O2/c1-20-15-9-7-14(8-10-15)6-5-11-17-16(19)18-12-3-2-4-13-18/h7-10H,2-6,11-13H2,1H3,(H,17,19). The molecule has 110 valence electrons. The molecule has 1 N–H and O–H groups in total. The van der Waals surface area contributed by atoms with Crippen molar-refractivity contribution in [1.82, 2.24) is 10.2 Å². The summed E-state index contributed by atoms with van der Waals surface area (Å²) in [5.74, 6) is 0.882. The first-order valence-corrected chi connectivity index (χ1v) is 7.45. The minimum Gasteiger partial charge on any atom is -0.497 e. The number of piperidine rings is 1. The normalized spacial score (nSPS) is 14.9. The molecule has 1 saturated heterocycles. The number of amides is 2. The van der Waals surface area contributed by atoms with E-state index in [1.165, 1.54) is 12.0 Å². The summed E-state index contributed by atoms with van der Waals surface area (Å²) in [4.78, 5) is 13.8. The van der Waals surface area contributed by atoms with E-state index in [2.05, 4.69) is 17.4 Å². The summed E-state index contributed by atoms with van der Waals surface area (Å²) in [5, 5.41) is 3.01. The molecule has 0 radical (unpaired) electrons. The van der Waals surface area contributed by atoms with Crippen molar-refractivity contribution in [2.24, 2.45) is 0 Å². The maximum atomic E-state index is 11.9. The summed E-state index contributed by atoms with van der Waals surface area (Å²) < 4.78 is 5.13. The van der Waals surface area contributed by atoms with E-state index >= 15 is 0 Å². The van der Waals surface area contributed by atoms with Crippen molar-refractivity contribution in [3.8, 4) is 5.75 Å². The molecule has 4 heteroatoms. The zero-order valence-electron chi connectivity index (χ0n) is 12.2. The van der Waals surface area contributed by atoms with Gasteiger partial charge in [0.1, 0.15) is 5.75 Å². The van der Waals surface area contributed by atoms with Crippen LogP contribution >= 0.6 is 0 Å². The monoisotopic (exact) mass is 276 g/mol. The average Bonchev–Trinajstić information content (AvgIpc) is 2.53. The van der Waals surface area contributed by atoms with Crippen molar-refractivity contribution in [2.45, 2.75) is 32.1 Å². The van der Waals surface area contributed by atoms with Crippen LogP contribution in [0.4, 0.5) is 4.79 Å². The van der Waals surface area contributed by atoms with E-state index in [-0.39, 0.29) is 6.03 Å². The number of hydrogen-bond donors (Lipinski definition) is 1. The lowest BCUT2D eigenvalue weighted by atomic mass is 10.1. The molecule has 0 atom stereocenters. The lowest BCUT2D eigenvalue weighted by molar-refractivity contribution is 0.186. The Balaban J connectivity index is 1.64. The third-order valence-electron chi connectivity index (χ3n) is 3.72. The molecular weight excluding hydrogens is 252 g/mol. The van der Waals surface area contributed by atoms with Gasteiger partial charge in [-0.15, -0.1) is 0 Å². The number of methoxy groups -OCH3 is 1. The van der Waals surface area contributed by atoms with Crippen molar-refractivity contribution >= 4 is 6.03 Å². The van der Waals surface area contributed by atoms with Gasteiger partial charge in [-0.05, 0) is 49.8 Å². The number of urea groups is 1. The Labute approximate surface area is 121 Å². The second kappa shape index (κ2) is 7.78. The number of hydrogen-bond acceptors (Lipinski definition) is 2. The molecule has 0 saturated carbocycles. The fraction of sp³-hybridized carbons (Fsp3) is 0.562. The van der Waals surface area contributed by atoms with Crippen molar-refractivity contribution < 1.29 is 9.53 Å². The first-order valence-electron chi connectivity index (χ1n) is 7.45. The second-order valence-electron chi connectivity index (χ2n) is 5.23. The van der Waals surface area contributed by atoms with Crippen LogP contribution in [0.15, 0.2) is 24.3 Å². The predicted octanol–water partition coefficient (Wildman–Crippen LogP) is 2.82. The van der Waals surface area contributed by atoms with Crippen molar-refractivity contribution in [3.05, 3.63) is 29.8 Å². The zero-order valence-corrected chi connectivity index (χ0v) is 12.2. The van der Waals surface area contributed by atoms with Gasteiger partial charge in [-0.1, -0.05) is 12.1 Å². The summed E-state index contributed by atoms with van der Waals surface area (Å²) in [6.45, 7) is 2.55. The molecule has 2 rings (SSSR count). The summed E-state index contributed by atoms with van der Waals surface area (Å²) in [7, 11) is 1.67. The molecule has 0 spiro atoms. The van der Waals surface area contributed by atoms with Crippen LogP contribution < -0.4 is 10.1 Å². The number of rotatable bonds is 5. The molecule has 0 aromatic heterocycles. The third-order valence-corrected chi connectivity index (χ3v) is 3.72. The molecule has 2 amide bonds. The number of nitrogens with zero attached hydrogens (tertiary/aromatic N) is 1. The van der Waals surface area contributed by atoms with Crippen molar-refractivity contribution in [3.63, 3.8) is 0 Å². The second-order valence-corrected chi connectivity index (χ2v) is 5.23. The van der Waals surface area contributed by atoms with E-state index in [9.17, 15) is 4.79 Å². The molecular formula is C16H24N2O2. The maximum absolute atomic E-state index is 11.9. The number of ether oxygens (including phenoxy) is 1. The van der Waals surface area contributed by atoms with Gasteiger partial charge in [-0.2, -0.15) is 0 Å². The fourth-order valence-corrected chi connectivity index (χ4v) is 2.49. The fourth-order valence-electron chi connectivity index (χ4n) is 2.49. The number of carbonyl (C=O) groups excluding carboxylic acids is 1. The van der Waals surface area contributed by atoms with Gasteiger partial charge in [-0.25, -0.2) is 4.79 Å². The number of likely N-dealkylation sites (tertiary alicyclic amines) is 1. The molecule has 1 aromatic carbocycles. The molecule has 4 nitrogen and oxygen atoms in total. The van der Waals surface area contributed by atoms with Gasteiger partial charge >= 0.3 is 6.03 Å². The van der Waals surface area contributed by atoms with Crippen LogP contribution in [-0.4, -0.2) is 37.7 Å². The van der Waals surface area contributed by atoms with E-state index < -0.39 is 0 Å². The van der Waals surface area contributed by atoms with Gasteiger partial charge in [-0.3, -0.25) is 0 Å². The first-order chi connectivity index (χ1) is 9.79. The molecule has 1 fully saturated rings. The highest BCUT2D eigenvalue weighted by Gasteiger charge is 2.15. The Kier molecular flexibility index (Phi) is 5.71. The van der Waals surface area contributed by atoms with Gasteiger partial charge in [0, 0.05) is 19.6 Å². The van der Waals surface area contributed by atoms with Crippen LogP contribution in [0.2, 0.25) is 0 Å². The molecule has 1 aliphatic rings. The lowest BCUT2D eigenvalue weighted by Crippen LogP contribution is -2.43. The molecule has 20 heavy (non-hydrogen) atoms. The molecule has 1 aromatic rings. The summed E-state index contributed by atoms with van der Waals surface area (Å²) >= 11 is 0. The van der Waals surface area contributed by atoms with Crippen LogP contribution in [0.5, 0.6) is 5.75 Å². The molecule has 1 heterocycles. The number of carbonyl (C=O) groups is 1. The smallest absolute Gasteiger partial charge is 0.317 e. The first kappa shape index (κ1) is 14.7. The average molecular weight is 276 g/mol. The SMILES string of the molecule is COc1ccc(CCCNC(=O)N2CCCCC2)cc1. The van der Waals surface area contributed by atoms with Gasteiger partial charge in [0.25, 0.3) is 0 Å². The third kappa shape index (κ3) is 4.44. The van der Waals surface area contributed by atoms with E-state index in [1.54, 1.807) is 7.11 Å². The number of aryl methyl sites for hydroxylation is 1. The number of nitrogens with one attached hydrogen (secondary N) is 1. The Morgan fingerprint density at radius 3 is 2.55 bits per heavy atom. The van der Waals surface area contributed by atoms with Crippen LogP contribution in [-0.2, 0) is 6.42 Å². The highest BCUT2D eigenvalue weighted by Crippen LogP contribution is 2.12. The topological polar surface area (TPSA) is 41.6 Å². The molecule has 1 aliphatic heterocycles. The Hall–Kier alpha value is -1.71. The Morgan fingerprint density at radius 1 is 1.20 bits per heavy atom. The summed E-state index contributed by atoms with van der Waals surface area (Å²) in [6, 6.07) is 8.19. The molecule has 0 unspecified atom stereocenters. The Morgan fingerprint density at radius 2 is 1.90 bits per heavy atom. The molecule has 0 bridgehead atoms. The van der Waals surface area contributed by atoms with Gasteiger partial charge in [0.2, 0.25) is 0 Å². The van der Waals surface area contributed by atoms with E-state index in [4.69, 9.17) is 4.74 Å². The van der Waals surface area contributed by atoms with Crippen molar-refractivity contribution in [2.75, 3.05) is 26.7 Å².